The highest BCUT2D eigenvalue weighted by atomic mass is 32.2. The maximum atomic E-state index is 12.9. The van der Waals surface area contributed by atoms with Gasteiger partial charge in [0.1, 0.15) is 5.69 Å². The monoisotopic (exact) mass is 420 g/mol. The van der Waals surface area contributed by atoms with Gasteiger partial charge in [0.25, 0.3) is 5.69 Å². The molecule has 2 aromatic carbocycles. The molecule has 1 unspecified atom stereocenters. The number of hydrogen-bond acceptors (Lipinski definition) is 7. The summed E-state index contributed by atoms with van der Waals surface area (Å²) in [5.41, 5.74) is 0.486. The van der Waals surface area contributed by atoms with Crippen LogP contribution in [0.15, 0.2) is 53.4 Å². The Morgan fingerprint density at radius 3 is 2.41 bits per heavy atom. The van der Waals surface area contributed by atoms with Crippen LogP contribution in [0.2, 0.25) is 0 Å². The predicted octanol–water partition coefficient (Wildman–Crippen LogP) is 1.68. The molecule has 0 amide bonds. The fourth-order valence-electron chi connectivity index (χ4n) is 3.15. The van der Waals surface area contributed by atoms with Crippen LogP contribution in [0.25, 0.3) is 0 Å². The van der Waals surface area contributed by atoms with E-state index in [1.165, 1.54) is 16.4 Å². The quantitative estimate of drug-likeness (QED) is 0.517. The zero-order valence-corrected chi connectivity index (χ0v) is 16.9. The lowest BCUT2D eigenvalue weighted by Gasteiger charge is -2.31. The van der Waals surface area contributed by atoms with Gasteiger partial charge in [-0.05, 0) is 24.7 Å². The average Bonchev–Trinajstić information content (AvgIpc) is 2.72. The van der Waals surface area contributed by atoms with Gasteiger partial charge in [0, 0.05) is 38.8 Å². The third-order valence-electron chi connectivity index (χ3n) is 4.94. The molecule has 156 valence electrons. The Bertz CT molecular complexity index is 960. The second-order valence-corrected chi connectivity index (χ2v) is 8.89. The minimum Gasteiger partial charge on any atom is -0.387 e. The van der Waals surface area contributed by atoms with Crippen molar-refractivity contribution in [1.29, 1.82) is 0 Å². The lowest BCUT2D eigenvalue weighted by molar-refractivity contribution is -0.384. The molecule has 1 fully saturated rings. The molecule has 1 saturated heterocycles. The first-order valence-corrected chi connectivity index (χ1v) is 10.7. The number of nitro benzene ring substituents is 1. The van der Waals surface area contributed by atoms with Gasteiger partial charge in [-0.15, -0.1) is 0 Å². The van der Waals surface area contributed by atoms with Crippen LogP contribution < -0.4 is 5.32 Å². The van der Waals surface area contributed by atoms with Crippen molar-refractivity contribution in [2.24, 2.45) is 0 Å². The fraction of sp³-hybridized carbons (Fsp3) is 0.368. The summed E-state index contributed by atoms with van der Waals surface area (Å²) in [6.45, 7) is 1.96. The summed E-state index contributed by atoms with van der Waals surface area (Å²) < 4.78 is 27.1. The Morgan fingerprint density at radius 2 is 1.79 bits per heavy atom. The number of hydrogen-bond donors (Lipinski definition) is 2. The molecule has 9 nitrogen and oxygen atoms in total. The molecule has 0 aromatic heterocycles. The second kappa shape index (κ2) is 8.87. The highest BCUT2D eigenvalue weighted by Crippen LogP contribution is 2.30. The zero-order chi connectivity index (χ0) is 21.0. The van der Waals surface area contributed by atoms with Gasteiger partial charge < -0.3 is 15.3 Å². The third kappa shape index (κ3) is 4.91. The van der Waals surface area contributed by atoms with Crippen molar-refractivity contribution in [3.8, 4) is 0 Å². The summed E-state index contributed by atoms with van der Waals surface area (Å²) >= 11 is 0. The number of piperazine rings is 1. The van der Waals surface area contributed by atoms with E-state index in [9.17, 15) is 23.6 Å². The van der Waals surface area contributed by atoms with Gasteiger partial charge in [0.2, 0.25) is 10.0 Å². The van der Waals surface area contributed by atoms with Crippen LogP contribution in [-0.4, -0.2) is 67.4 Å². The van der Waals surface area contributed by atoms with Gasteiger partial charge >= 0.3 is 0 Å². The third-order valence-corrected chi connectivity index (χ3v) is 6.83. The molecule has 1 heterocycles. The number of rotatable bonds is 7. The van der Waals surface area contributed by atoms with Crippen LogP contribution in [0.3, 0.4) is 0 Å². The van der Waals surface area contributed by atoms with Crippen LogP contribution >= 0.6 is 0 Å². The van der Waals surface area contributed by atoms with Crippen molar-refractivity contribution >= 4 is 21.4 Å². The normalized spacial score (nSPS) is 17.0. The van der Waals surface area contributed by atoms with Crippen LogP contribution in [0.4, 0.5) is 11.4 Å². The molecule has 1 aliphatic heterocycles. The summed E-state index contributed by atoms with van der Waals surface area (Å²) in [5.74, 6) is 0. The van der Waals surface area contributed by atoms with E-state index in [1.54, 1.807) is 24.3 Å². The van der Waals surface area contributed by atoms with Gasteiger partial charge in [-0.1, -0.05) is 30.3 Å². The molecule has 10 heteroatoms. The maximum Gasteiger partial charge on any atom is 0.293 e. The molecule has 0 bridgehead atoms. The summed E-state index contributed by atoms with van der Waals surface area (Å²) in [6, 6.07) is 12.7. The number of nitrogens with one attached hydrogen (secondary N) is 1. The van der Waals surface area contributed by atoms with Crippen LogP contribution in [0, 0.1) is 10.1 Å². The van der Waals surface area contributed by atoms with Crippen LogP contribution in [0.5, 0.6) is 0 Å². The van der Waals surface area contributed by atoms with Gasteiger partial charge in [0.15, 0.2) is 0 Å². The van der Waals surface area contributed by atoms with E-state index in [2.05, 4.69) is 5.32 Å². The number of nitro groups is 1. The molecule has 0 aliphatic carbocycles. The van der Waals surface area contributed by atoms with Crippen LogP contribution in [0.1, 0.15) is 11.7 Å². The van der Waals surface area contributed by atoms with Gasteiger partial charge in [0.05, 0.1) is 15.9 Å². The van der Waals surface area contributed by atoms with E-state index in [-0.39, 0.29) is 22.8 Å². The topological polar surface area (TPSA) is 116 Å². The number of sulfonamides is 1. The highest BCUT2D eigenvalue weighted by Gasteiger charge is 2.29. The fourth-order valence-corrected chi connectivity index (χ4v) is 4.59. The summed E-state index contributed by atoms with van der Waals surface area (Å²) in [4.78, 5) is 12.8. The zero-order valence-electron chi connectivity index (χ0n) is 16.1. The molecule has 2 N–H and O–H groups in total. The number of aliphatic hydroxyl groups excluding tert-OH is 1. The average molecular weight is 420 g/mol. The number of anilines is 1. The van der Waals surface area contributed by atoms with Crippen molar-refractivity contribution in [2.75, 3.05) is 45.1 Å². The molecule has 1 aliphatic rings. The second-order valence-electron chi connectivity index (χ2n) is 6.95. The van der Waals surface area contributed by atoms with E-state index < -0.39 is 21.1 Å². The van der Waals surface area contributed by atoms with E-state index in [1.807, 2.05) is 18.0 Å². The van der Waals surface area contributed by atoms with Crippen molar-refractivity contribution in [1.82, 2.24) is 9.21 Å². The molecular weight excluding hydrogens is 396 g/mol. The minimum absolute atomic E-state index is 0.0510. The number of aliphatic hydroxyl groups is 1. The van der Waals surface area contributed by atoms with Gasteiger partial charge in [-0.2, -0.15) is 4.31 Å². The standard InChI is InChI=1S/C19H24N4O5S/c1-21-9-11-22(12-10-21)29(27,28)16-7-8-17(18(13-16)23(25)26)20-14-19(24)15-5-3-2-4-6-15/h2-8,13,19-20,24H,9-12,14H2,1H3. The largest absolute Gasteiger partial charge is 0.387 e. The van der Waals surface area contributed by atoms with Crippen molar-refractivity contribution in [3.05, 3.63) is 64.2 Å². The molecule has 2 aromatic rings. The molecular formula is C19H24N4O5S. The Balaban J connectivity index is 1.79. The minimum atomic E-state index is -3.81. The summed E-state index contributed by atoms with van der Waals surface area (Å²) in [5, 5.41) is 24.6. The Kier molecular flexibility index (Phi) is 6.48. The summed E-state index contributed by atoms with van der Waals surface area (Å²) in [6.07, 6.45) is -0.857. The van der Waals surface area contributed by atoms with Crippen LogP contribution in [-0.2, 0) is 10.0 Å². The first kappa shape index (κ1) is 21.2. The SMILES string of the molecule is CN1CCN(S(=O)(=O)c2ccc(NCC(O)c3ccccc3)c([N+](=O)[O-])c2)CC1. The molecule has 0 spiro atoms. The van der Waals surface area contributed by atoms with Crippen molar-refractivity contribution < 1.29 is 18.4 Å². The Labute approximate surface area is 169 Å². The molecule has 1 atom stereocenters. The predicted molar refractivity (Wildman–Crippen MR) is 109 cm³/mol. The maximum absolute atomic E-state index is 12.9. The van der Waals surface area contributed by atoms with E-state index in [0.717, 1.165) is 6.07 Å². The van der Waals surface area contributed by atoms with Gasteiger partial charge in [-0.3, -0.25) is 10.1 Å². The van der Waals surface area contributed by atoms with E-state index in [0.29, 0.717) is 31.7 Å². The van der Waals surface area contributed by atoms with Crippen molar-refractivity contribution in [3.63, 3.8) is 0 Å². The lowest BCUT2D eigenvalue weighted by Crippen LogP contribution is -2.47. The summed E-state index contributed by atoms with van der Waals surface area (Å²) in [7, 11) is -1.89. The first-order valence-electron chi connectivity index (χ1n) is 9.23. The highest BCUT2D eigenvalue weighted by molar-refractivity contribution is 7.89. The molecule has 29 heavy (non-hydrogen) atoms. The molecule has 0 radical (unpaired) electrons. The van der Waals surface area contributed by atoms with E-state index in [4.69, 9.17) is 0 Å². The Morgan fingerprint density at radius 1 is 1.14 bits per heavy atom. The smallest absolute Gasteiger partial charge is 0.293 e. The van der Waals surface area contributed by atoms with Crippen molar-refractivity contribution in [2.45, 2.75) is 11.0 Å². The molecule has 3 rings (SSSR count). The Hall–Kier alpha value is -2.53. The number of nitrogens with zero attached hydrogens (tertiary/aromatic N) is 3. The van der Waals surface area contributed by atoms with E-state index >= 15 is 0 Å². The van der Waals surface area contributed by atoms with Gasteiger partial charge in [-0.25, -0.2) is 8.42 Å². The number of benzene rings is 2. The lowest BCUT2D eigenvalue weighted by atomic mass is 10.1. The first-order chi connectivity index (χ1) is 13.8. The molecule has 0 saturated carbocycles. The number of likely N-dealkylation sites (N-methyl/N-ethyl adjacent to an activating group) is 1.